The Balaban J connectivity index is 1.85. The lowest BCUT2D eigenvalue weighted by Crippen LogP contribution is -2.35. The van der Waals surface area contributed by atoms with Crippen molar-refractivity contribution in [3.05, 3.63) is 34.9 Å². The molecule has 0 aliphatic carbocycles. The number of hydrogen-bond acceptors (Lipinski definition) is 4. The van der Waals surface area contributed by atoms with E-state index >= 15 is 0 Å². The third-order valence-corrected chi connectivity index (χ3v) is 3.47. The van der Waals surface area contributed by atoms with Crippen molar-refractivity contribution in [1.82, 2.24) is 4.90 Å². The van der Waals surface area contributed by atoms with Gasteiger partial charge in [0.05, 0.1) is 19.3 Å². The Hall–Kier alpha value is -1.39. The third-order valence-electron chi connectivity index (χ3n) is 3.47. The number of rotatable bonds is 1. The molecule has 1 saturated heterocycles. The van der Waals surface area contributed by atoms with Crippen LogP contribution in [0.1, 0.15) is 22.8 Å². The molecule has 1 fully saturated rings. The molecule has 4 nitrogen and oxygen atoms in total. The molecule has 1 aromatic carbocycles. The van der Waals surface area contributed by atoms with E-state index in [-0.39, 0.29) is 6.10 Å². The van der Waals surface area contributed by atoms with Gasteiger partial charge in [0.15, 0.2) is 0 Å². The van der Waals surface area contributed by atoms with Crippen molar-refractivity contribution in [3.8, 4) is 0 Å². The highest BCUT2D eigenvalue weighted by molar-refractivity contribution is 6.00. The maximum atomic E-state index is 5.81. The SMILES string of the molecule is CN1CCOC(c2ccc3c(c2)CN=C3N)C1. The van der Waals surface area contributed by atoms with Crippen molar-refractivity contribution in [3.63, 3.8) is 0 Å². The highest BCUT2D eigenvalue weighted by atomic mass is 16.5. The lowest BCUT2D eigenvalue weighted by atomic mass is 10.0. The summed E-state index contributed by atoms with van der Waals surface area (Å²) < 4.78 is 5.81. The van der Waals surface area contributed by atoms with E-state index in [2.05, 4.69) is 35.1 Å². The summed E-state index contributed by atoms with van der Waals surface area (Å²) in [6.45, 7) is 3.47. The average molecular weight is 231 g/mol. The molecule has 2 N–H and O–H groups in total. The first-order chi connectivity index (χ1) is 8.24. The standard InChI is InChI=1S/C13H17N3O/c1-16-4-5-17-12(8-16)9-2-3-11-10(6-9)7-15-13(11)14/h2-3,6,12H,4-5,7-8H2,1H3,(H2,14,15). The minimum absolute atomic E-state index is 0.181. The van der Waals surface area contributed by atoms with Gasteiger partial charge in [-0.1, -0.05) is 18.2 Å². The third kappa shape index (κ3) is 1.94. The second-order valence-electron chi connectivity index (χ2n) is 4.74. The van der Waals surface area contributed by atoms with Crippen LogP contribution in [0.25, 0.3) is 0 Å². The van der Waals surface area contributed by atoms with Crippen molar-refractivity contribution >= 4 is 5.84 Å². The molecule has 0 amide bonds. The summed E-state index contributed by atoms with van der Waals surface area (Å²) in [4.78, 5) is 6.55. The lowest BCUT2D eigenvalue weighted by Gasteiger charge is -2.30. The fourth-order valence-corrected chi connectivity index (χ4v) is 2.43. The maximum absolute atomic E-state index is 5.81. The van der Waals surface area contributed by atoms with Crippen LogP contribution in [-0.2, 0) is 11.3 Å². The van der Waals surface area contributed by atoms with Crippen LogP contribution in [0.2, 0.25) is 0 Å². The molecule has 90 valence electrons. The van der Waals surface area contributed by atoms with E-state index in [0.717, 1.165) is 25.3 Å². The number of fused-ring (bicyclic) bond motifs is 1. The van der Waals surface area contributed by atoms with E-state index in [1.165, 1.54) is 11.1 Å². The van der Waals surface area contributed by atoms with Crippen molar-refractivity contribution in [2.75, 3.05) is 26.7 Å². The molecule has 2 heterocycles. The summed E-state index contributed by atoms with van der Waals surface area (Å²) in [6, 6.07) is 6.35. The Morgan fingerprint density at radius 3 is 3.18 bits per heavy atom. The predicted molar refractivity (Wildman–Crippen MR) is 67.1 cm³/mol. The van der Waals surface area contributed by atoms with Gasteiger partial charge in [-0.3, -0.25) is 4.99 Å². The number of hydrogen-bond donors (Lipinski definition) is 1. The topological polar surface area (TPSA) is 50.8 Å². The van der Waals surface area contributed by atoms with Crippen molar-refractivity contribution in [1.29, 1.82) is 0 Å². The zero-order valence-corrected chi connectivity index (χ0v) is 10.0. The monoisotopic (exact) mass is 231 g/mol. The van der Waals surface area contributed by atoms with E-state index in [0.29, 0.717) is 12.4 Å². The van der Waals surface area contributed by atoms with Crippen molar-refractivity contribution in [2.24, 2.45) is 10.7 Å². The van der Waals surface area contributed by atoms with Gasteiger partial charge >= 0.3 is 0 Å². The van der Waals surface area contributed by atoms with Crippen molar-refractivity contribution < 1.29 is 4.74 Å². The first kappa shape index (κ1) is 10.7. The second-order valence-corrected chi connectivity index (χ2v) is 4.74. The van der Waals surface area contributed by atoms with Crippen LogP contribution in [0.15, 0.2) is 23.2 Å². The Kier molecular flexibility index (Phi) is 2.61. The van der Waals surface area contributed by atoms with Gasteiger partial charge in [-0.05, 0) is 18.2 Å². The number of aliphatic imine (C=N–C) groups is 1. The number of benzene rings is 1. The van der Waals surface area contributed by atoms with Gasteiger partial charge in [-0.15, -0.1) is 0 Å². The number of likely N-dealkylation sites (N-methyl/N-ethyl adjacent to an activating group) is 1. The van der Waals surface area contributed by atoms with Crippen molar-refractivity contribution in [2.45, 2.75) is 12.6 Å². The van der Waals surface area contributed by atoms with E-state index in [1.54, 1.807) is 0 Å². The quantitative estimate of drug-likeness (QED) is 0.781. The fourth-order valence-electron chi connectivity index (χ4n) is 2.43. The molecule has 3 rings (SSSR count). The number of morpholine rings is 1. The molecule has 2 aliphatic rings. The predicted octanol–water partition coefficient (Wildman–Crippen LogP) is 0.909. The number of amidine groups is 1. The molecule has 0 aromatic heterocycles. The maximum Gasteiger partial charge on any atom is 0.126 e. The zero-order chi connectivity index (χ0) is 11.8. The van der Waals surface area contributed by atoms with Gasteiger partial charge in [0.25, 0.3) is 0 Å². The molecule has 0 saturated carbocycles. The summed E-state index contributed by atoms with van der Waals surface area (Å²) in [5.41, 5.74) is 9.34. The van der Waals surface area contributed by atoms with Gasteiger partial charge in [-0.25, -0.2) is 0 Å². The molecule has 1 unspecified atom stereocenters. The largest absolute Gasteiger partial charge is 0.383 e. The summed E-state index contributed by atoms with van der Waals surface area (Å²) in [6.07, 6.45) is 0.181. The smallest absolute Gasteiger partial charge is 0.126 e. The van der Waals surface area contributed by atoms with Crippen LogP contribution < -0.4 is 5.73 Å². The zero-order valence-electron chi connectivity index (χ0n) is 10.0. The Morgan fingerprint density at radius 2 is 2.35 bits per heavy atom. The van der Waals surface area contributed by atoms with Crippen LogP contribution in [0, 0.1) is 0 Å². The molecule has 17 heavy (non-hydrogen) atoms. The molecule has 1 atom stereocenters. The number of nitrogens with two attached hydrogens (primary N) is 1. The molecule has 1 aromatic rings. The average Bonchev–Trinajstić information content (AvgIpc) is 2.71. The Bertz CT molecular complexity index is 470. The van der Waals surface area contributed by atoms with Crippen LogP contribution in [0.5, 0.6) is 0 Å². The first-order valence-corrected chi connectivity index (χ1v) is 5.97. The Morgan fingerprint density at radius 1 is 1.47 bits per heavy atom. The first-order valence-electron chi connectivity index (χ1n) is 5.97. The molecule has 0 bridgehead atoms. The number of ether oxygens (including phenoxy) is 1. The molecular formula is C13H17N3O. The van der Waals surface area contributed by atoms with Gasteiger partial charge in [0.2, 0.25) is 0 Å². The van der Waals surface area contributed by atoms with Crippen LogP contribution >= 0.6 is 0 Å². The summed E-state index contributed by atoms with van der Waals surface area (Å²) in [7, 11) is 2.13. The normalized spacial score (nSPS) is 24.5. The van der Waals surface area contributed by atoms with Gasteiger partial charge in [-0.2, -0.15) is 0 Å². The minimum atomic E-state index is 0.181. The van der Waals surface area contributed by atoms with Crippen LogP contribution in [-0.4, -0.2) is 37.5 Å². The second kappa shape index (κ2) is 4.13. The van der Waals surface area contributed by atoms with E-state index in [4.69, 9.17) is 10.5 Å². The molecule has 0 radical (unpaired) electrons. The summed E-state index contributed by atoms with van der Waals surface area (Å²) >= 11 is 0. The molecular weight excluding hydrogens is 214 g/mol. The summed E-state index contributed by atoms with van der Waals surface area (Å²) in [5.74, 6) is 0.660. The Labute approximate surface area is 101 Å². The van der Waals surface area contributed by atoms with E-state index in [9.17, 15) is 0 Å². The lowest BCUT2D eigenvalue weighted by molar-refractivity contribution is -0.0209. The van der Waals surface area contributed by atoms with E-state index in [1.807, 2.05) is 0 Å². The molecule has 4 heteroatoms. The summed E-state index contributed by atoms with van der Waals surface area (Å²) in [5, 5.41) is 0. The number of nitrogens with zero attached hydrogens (tertiary/aromatic N) is 2. The van der Waals surface area contributed by atoms with Crippen LogP contribution in [0.4, 0.5) is 0 Å². The fraction of sp³-hybridized carbons (Fsp3) is 0.462. The molecule has 0 spiro atoms. The highest BCUT2D eigenvalue weighted by Crippen LogP contribution is 2.26. The van der Waals surface area contributed by atoms with Gasteiger partial charge < -0.3 is 15.4 Å². The van der Waals surface area contributed by atoms with Gasteiger partial charge in [0, 0.05) is 18.7 Å². The highest BCUT2D eigenvalue weighted by Gasteiger charge is 2.21. The molecule has 2 aliphatic heterocycles. The minimum Gasteiger partial charge on any atom is -0.383 e. The van der Waals surface area contributed by atoms with Gasteiger partial charge in [0.1, 0.15) is 5.84 Å². The van der Waals surface area contributed by atoms with Crippen LogP contribution in [0.3, 0.4) is 0 Å². The van der Waals surface area contributed by atoms with E-state index < -0.39 is 0 Å².